The van der Waals surface area contributed by atoms with Gasteiger partial charge in [0.15, 0.2) is 11.6 Å². The van der Waals surface area contributed by atoms with Gasteiger partial charge in [-0.2, -0.15) is 39.5 Å². The Morgan fingerprint density at radius 2 is 1.33 bits per heavy atom. The first-order valence-electron chi connectivity index (χ1n) is 4.78. The third-order valence-electron chi connectivity index (χ3n) is 2.38. The highest BCUT2D eigenvalue weighted by Gasteiger charge is 2.82. The summed E-state index contributed by atoms with van der Waals surface area (Å²) in [6, 6.07) is -0.400. The van der Waals surface area contributed by atoms with Gasteiger partial charge in [0, 0.05) is 11.8 Å². The van der Waals surface area contributed by atoms with Crippen LogP contribution in [0.25, 0.3) is 0 Å². The minimum Gasteiger partial charge on any atom is -0.381 e. The molecular weight excluding hydrogens is 326 g/mol. The Morgan fingerprint density at radius 1 is 0.857 bits per heavy atom. The lowest BCUT2D eigenvalue weighted by atomic mass is 9.98. The lowest BCUT2D eigenvalue weighted by molar-refractivity contribution is -0.399. The molecule has 0 fully saturated rings. The molecule has 0 radical (unpaired) electrons. The Balaban J connectivity index is 3.43. The molecule has 0 saturated carbocycles. The van der Waals surface area contributed by atoms with Crippen LogP contribution in [-0.2, 0) is 5.92 Å². The summed E-state index contributed by atoms with van der Waals surface area (Å²) < 4.78 is 126. The Bertz CT molecular complexity index is 536. The largest absolute Gasteiger partial charge is 0.460 e. The lowest BCUT2D eigenvalue weighted by Crippen LogP contribution is -2.59. The van der Waals surface area contributed by atoms with E-state index in [1.807, 2.05) is 0 Å². The zero-order valence-corrected chi connectivity index (χ0v) is 9.46. The number of aromatic nitrogens is 1. The van der Waals surface area contributed by atoms with Crippen LogP contribution in [0.15, 0.2) is 12.3 Å². The fourth-order valence-corrected chi connectivity index (χ4v) is 1.18. The maximum absolute atomic E-state index is 13.3. The monoisotopic (exact) mass is 330 g/mol. The highest BCUT2D eigenvalue weighted by molar-refractivity contribution is 5.34. The second-order valence-electron chi connectivity index (χ2n) is 3.81. The van der Waals surface area contributed by atoms with Crippen molar-refractivity contribution in [1.82, 2.24) is 4.98 Å². The van der Waals surface area contributed by atoms with Crippen LogP contribution in [0.3, 0.4) is 0 Å². The van der Waals surface area contributed by atoms with Crippen LogP contribution in [0.5, 0.6) is 0 Å². The van der Waals surface area contributed by atoms with Crippen molar-refractivity contribution in [3.05, 3.63) is 23.6 Å². The molecule has 0 bridgehead atoms. The molecule has 0 aliphatic carbocycles. The first-order chi connectivity index (χ1) is 9.16. The van der Waals surface area contributed by atoms with E-state index < -0.39 is 47.2 Å². The van der Waals surface area contributed by atoms with Gasteiger partial charge in [0.1, 0.15) is 0 Å². The van der Waals surface area contributed by atoms with Crippen molar-refractivity contribution >= 4 is 5.82 Å². The van der Waals surface area contributed by atoms with Crippen LogP contribution in [0.1, 0.15) is 5.56 Å². The second-order valence-corrected chi connectivity index (χ2v) is 3.81. The molecule has 12 heteroatoms. The molecule has 1 aromatic rings. The molecule has 0 atom stereocenters. The molecule has 0 unspecified atom stereocenters. The quantitative estimate of drug-likeness (QED) is 0.858. The number of nitrogens with two attached hydrogens (primary N) is 1. The molecule has 2 N–H and O–H groups in total. The van der Waals surface area contributed by atoms with Crippen molar-refractivity contribution < 1.29 is 43.9 Å². The van der Waals surface area contributed by atoms with Crippen molar-refractivity contribution in [2.75, 3.05) is 5.73 Å². The van der Waals surface area contributed by atoms with Gasteiger partial charge < -0.3 is 5.73 Å². The average molecular weight is 330 g/mol. The summed E-state index contributed by atoms with van der Waals surface area (Å²) >= 11 is 0. The van der Waals surface area contributed by atoms with Crippen LogP contribution in [0, 0.1) is 5.82 Å². The van der Waals surface area contributed by atoms with Gasteiger partial charge >= 0.3 is 23.9 Å². The number of pyridine rings is 1. The van der Waals surface area contributed by atoms with E-state index in [0.29, 0.717) is 0 Å². The summed E-state index contributed by atoms with van der Waals surface area (Å²) in [5.74, 6) is -22.8. The summed E-state index contributed by atoms with van der Waals surface area (Å²) in [6.07, 6.45) is -7.17. The normalized spacial score (nSPS) is 14.4. The van der Waals surface area contributed by atoms with E-state index in [-0.39, 0.29) is 6.20 Å². The Morgan fingerprint density at radius 3 is 1.71 bits per heavy atom. The first-order valence-corrected chi connectivity index (χ1v) is 4.78. The third kappa shape index (κ3) is 2.46. The number of nitrogens with zero attached hydrogens (tertiary/aromatic N) is 1. The fraction of sp³-hybridized carbons (Fsp3) is 0.444. The van der Waals surface area contributed by atoms with Gasteiger partial charge in [-0.25, -0.2) is 9.37 Å². The van der Waals surface area contributed by atoms with Crippen molar-refractivity contribution in [3.8, 4) is 0 Å². The molecule has 1 aromatic heterocycles. The number of hydrogen-bond acceptors (Lipinski definition) is 2. The van der Waals surface area contributed by atoms with Crippen molar-refractivity contribution in [2.45, 2.75) is 23.9 Å². The molecule has 0 spiro atoms. The Labute approximate surface area is 109 Å². The third-order valence-corrected chi connectivity index (χ3v) is 2.38. The molecule has 0 saturated heterocycles. The summed E-state index contributed by atoms with van der Waals surface area (Å²) in [7, 11) is 0. The number of nitrogen functional groups attached to an aromatic ring is 1. The minimum absolute atomic E-state index is 0.223. The number of anilines is 1. The van der Waals surface area contributed by atoms with Gasteiger partial charge in [0.05, 0.1) is 0 Å². The Hall–Kier alpha value is -1.75. The lowest BCUT2D eigenvalue weighted by Gasteiger charge is -2.33. The first kappa shape index (κ1) is 17.3. The van der Waals surface area contributed by atoms with Crippen molar-refractivity contribution in [3.63, 3.8) is 0 Å². The molecule has 0 amide bonds. The predicted molar refractivity (Wildman–Crippen MR) is 48.5 cm³/mol. The average Bonchev–Trinajstić information content (AvgIpc) is 2.30. The molecule has 21 heavy (non-hydrogen) atoms. The standard InChI is InChI=1S/C9H4F10N2/c10-4-1-3(2-21-5(4)20)6(11,12)7(13,14)8(15,16)9(17,18)19/h1-2H,(H2,20,21). The zero-order valence-electron chi connectivity index (χ0n) is 9.46. The Kier molecular flexibility index (Phi) is 3.81. The van der Waals surface area contributed by atoms with Gasteiger partial charge in [-0.05, 0) is 6.07 Å². The topological polar surface area (TPSA) is 38.9 Å². The summed E-state index contributed by atoms with van der Waals surface area (Å²) in [5.41, 5.74) is 2.57. The van der Waals surface area contributed by atoms with E-state index >= 15 is 0 Å². The number of rotatable bonds is 3. The van der Waals surface area contributed by atoms with Gasteiger partial charge in [-0.1, -0.05) is 0 Å². The molecule has 1 heterocycles. The summed E-state index contributed by atoms with van der Waals surface area (Å²) in [5, 5.41) is 0. The maximum Gasteiger partial charge on any atom is 0.460 e. The van der Waals surface area contributed by atoms with Gasteiger partial charge in [-0.3, -0.25) is 0 Å². The molecule has 1 rings (SSSR count). The summed E-state index contributed by atoms with van der Waals surface area (Å²) in [6.45, 7) is 0. The maximum atomic E-state index is 13.3. The molecular formula is C9H4F10N2. The predicted octanol–water partition coefficient (Wildman–Crippen LogP) is 3.73. The van der Waals surface area contributed by atoms with E-state index in [2.05, 4.69) is 4.98 Å². The highest BCUT2D eigenvalue weighted by Crippen LogP contribution is 2.56. The van der Waals surface area contributed by atoms with Crippen LogP contribution < -0.4 is 5.73 Å². The zero-order chi connectivity index (χ0) is 16.9. The van der Waals surface area contributed by atoms with Crippen molar-refractivity contribution in [2.24, 2.45) is 0 Å². The van der Waals surface area contributed by atoms with Crippen LogP contribution >= 0.6 is 0 Å². The molecule has 0 aliphatic heterocycles. The molecule has 120 valence electrons. The summed E-state index contributed by atoms with van der Waals surface area (Å²) in [4.78, 5) is 2.67. The number of hydrogen-bond donors (Lipinski definition) is 1. The van der Waals surface area contributed by atoms with Crippen LogP contribution in [0.2, 0.25) is 0 Å². The van der Waals surface area contributed by atoms with E-state index in [0.717, 1.165) is 0 Å². The molecule has 0 aromatic carbocycles. The minimum atomic E-state index is -7.05. The van der Waals surface area contributed by atoms with Crippen LogP contribution in [-0.4, -0.2) is 23.0 Å². The van der Waals surface area contributed by atoms with E-state index in [9.17, 15) is 43.9 Å². The van der Waals surface area contributed by atoms with Gasteiger partial charge in [0.25, 0.3) is 0 Å². The van der Waals surface area contributed by atoms with Gasteiger partial charge in [-0.15, -0.1) is 0 Å². The number of alkyl halides is 9. The second kappa shape index (κ2) is 4.63. The van der Waals surface area contributed by atoms with E-state index in [1.165, 1.54) is 0 Å². The van der Waals surface area contributed by atoms with E-state index in [4.69, 9.17) is 5.73 Å². The SMILES string of the molecule is Nc1ncc(C(F)(F)C(F)(F)C(F)(F)C(F)(F)F)cc1F. The van der Waals surface area contributed by atoms with Gasteiger partial charge in [0.2, 0.25) is 0 Å². The number of halogens is 10. The molecule has 2 nitrogen and oxygen atoms in total. The highest BCUT2D eigenvalue weighted by atomic mass is 19.4. The van der Waals surface area contributed by atoms with Crippen molar-refractivity contribution in [1.29, 1.82) is 0 Å². The fourth-order valence-electron chi connectivity index (χ4n) is 1.18. The van der Waals surface area contributed by atoms with E-state index in [1.54, 1.807) is 0 Å². The molecule has 0 aliphatic rings. The van der Waals surface area contributed by atoms with Crippen LogP contribution in [0.4, 0.5) is 49.7 Å². The smallest absolute Gasteiger partial charge is 0.381 e.